The molecule has 4 nitrogen and oxygen atoms in total. The maximum absolute atomic E-state index is 11.0. The fourth-order valence-electron chi connectivity index (χ4n) is 0.830. The van der Waals surface area contributed by atoms with Crippen LogP contribution in [-0.4, -0.2) is 17.7 Å². The average Bonchev–Trinajstić information content (AvgIpc) is 2.17. The molecule has 72 valence electrons. The van der Waals surface area contributed by atoms with Crippen molar-refractivity contribution >= 4 is 29.3 Å². The first-order valence-corrected chi connectivity index (χ1v) is 3.98. The summed E-state index contributed by atoms with van der Waals surface area (Å²) in [4.78, 5) is 31.5. The van der Waals surface area contributed by atoms with Gasteiger partial charge in [0.2, 0.25) is 0 Å². The number of benzene rings is 1. The normalized spacial score (nSPS) is 9.21. The molecule has 0 saturated heterocycles. The fourth-order valence-corrected chi connectivity index (χ4v) is 0.900. The summed E-state index contributed by atoms with van der Waals surface area (Å²) in [6, 6.07) is 5.60. The summed E-state index contributed by atoms with van der Waals surface area (Å²) in [6.45, 7) is 0. The lowest BCUT2D eigenvalue weighted by Gasteiger charge is -1.98. The lowest BCUT2D eigenvalue weighted by atomic mass is 10.1. The van der Waals surface area contributed by atoms with E-state index in [9.17, 15) is 14.4 Å². The van der Waals surface area contributed by atoms with Gasteiger partial charge in [0.1, 0.15) is 6.29 Å². The molecular weight excluding hydrogens is 208 g/mol. The standard InChI is InChI=1S/C9H5ClO4/c10-9(13)14-8(12)7-3-1-6(5-11)2-4-7/h1-5H. The van der Waals surface area contributed by atoms with E-state index in [0.717, 1.165) is 0 Å². The smallest absolute Gasteiger partial charge is 0.377 e. The Morgan fingerprint density at radius 1 is 1.21 bits per heavy atom. The van der Waals surface area contributed by atoms with E-state index in [0.29, 0.717) is 11.8 Å². The van der Waals surface area contributed by atoms with E-state index in [-0.39, 0.29) is 5.56 Å². The van der Waals surface area contributed by atoms with Crippen LogP contribution in [0.2, 0.25) is 0 Å². The lowest BCUT2D eigenvalue weighted by Crippen LogP contribution is -2.06. The Morgan fingerprint density at radius 2 is 1.79 bits per heavy atom. The SMILES string of the molecule is O=Cc1ccc(C(=O)OC(=O)Cl)cc1. The number of halogens is 1. The molecule has 1 aromatic carbocycles. The highest BCUT2D eigenvalue weighted by atomic mass is 35.5. The Labute approximate surface area is 84.4 Å². The topological polar surface area (TPSA) is 60.4 Å². The highest BCUT2D eigenvalue weighted by Gasteiger charge is 2.10. The first-order valence-electron chi connectivity index (χ1n) is 3.60. The van der Waals surface area contributed by atoms with Crippen LogP contribution < -0.4 is 0 Å². The van der Waals surface area contributed by atoms with E-state index in [1.165, 1.54) is 24.3 Å². The van der Waals surface area contributed by atoms with Crippen molar-refractivity contribution in [2.24, 2.45) is 0 Å². The molecule has 0 N–H and O–H groups in total. The summed E-state index contributed by atoms with van der Waals surface area (Å²) in [5.41, 5.74) is -0.599. The number of hydrogen-bond donors (Lipinski definition) is 0. The molecule has 5 heteroatoms. The second kappa shape index (κ2) is 4.53. The largest absolute Gasteiger partial charge is 0.411 e. The van der Waals surface area contributed by atoms with Gasteiger partial charge in [-0.25, -0.2) is 9.59 Å². The Bertz CT molecular complexity index is 369. The molecule has 0 spiro atoms. The Morgan fingerprint density at radius 3 is 2.21 bits per heavy atom. The number of ether oxygens (including phenoxy) is 1. The minimum atomic E-state index is -1.19. The third kappa shape index (κ3) is 2.67. The van der Waals surface area contributed by atoms with Crippen molar-refractivity contribution in [3.8, 4) is 0 Å². The first-order chi connectivity index (χ1) is 6.63. The summed E-state index contributed by atoms with van der Waals surface area (Å²) >= 11 is 4.84. The van der Waals surface area contributed by atoms with Crippen molar-refractivity contribution in [2.45, 2.75) is 0 Å². The zero-order valence-electron chi connectivity index (χ0n) is 6.90. The highest BCUT2D eigenvalue weighted by Crippen LogP contribution is 2.05. The highest BCUT2D eigenvalue weighted by molar-refractivity contribution is 6.62. The van der Waals surface area contributed by atoms with Crippen LogP contribution in [0.3, 0.4) is 0 Å². The molecule has 0 aliphatic carbocycles. The molecule has 0 unspecified atom stereocenters. The molecular formula is C9H5ClO4. The molecule has 1 rings (SSSR count). The molecule has 0 saturated carbocycles. The van der Waals surface area contributed by atoms with Crippen LogP contribution in [0.1, 0.15) is 20.7 Å². The lowest BCUT2D eigenvalue weighted by molar-refractivity contribution is 0.0661. The number of carbonyl (C=O) groups is 3. The van der Waals surface area contributed by atoms with E-state index < -0.39 is 11.4 Å². The summed E-state index contributed by atoms with van der Waals surface area (Å²) in [5, 5.41) is 0. The van der Waals surface area contributed by atoms with Crippen LogP contribution in [0.4, 0.5) is 4.79 Å². The number of hydrogen-bond acceptors (Lipinski definition) is 4. The van der Waals surface area contributed by atoms with Gasteiger partial charge in [0, 0.05) is 17.2 Å². The predicted octanol–water partition coefficient (Wildman–Crippen LogP) is 2.01. The second-order valence-electron chi connectivity index (χ2n) is 2.37. The summed E-state index contributed by atoms with van der Waals surface area (Å²) in [5.74, 6) is -0.845. The van der Waals surface area contributed by atoms with Gasteiger partial charge in [-0.2, -0.15) is 0 Å². The van der Waals surface area contributed by atoms with Crippen molar-refractivity contribution < 1.29 is 19.1 Å². The molecule has 1 aromatic rings. The molecule has 14 heavy (non-hydrogen) atoms. The van der Waals surface area contributed by atoms with Crippen LogP contribution >= 0.6 is 11.6 Å². The second-order valence-corrected chi connectivity index (χ2v) is 2.68. The van der Waals surface area contributed by atoms with Gasteiger partial charge in [0.25, 0.3) is 0 Å². The summed E-state index contributed by atoms with van der Waals surface area (Å²) in [6.07, 6.45) is 0.641. The van der Waals surface area contributed by atoms with Crippen molar-refractivity contribution in [2.75, 3.05) is 0 Å². The van der Waals surface area contributed by atoms with Gasteiger partial charge in [0.05, 0.1) is 5.56 Å². The van der Waals surface area contributed by atoms with Crippen molar-refractivity contribution in [3.05, 3.63) is 35.4 Å². The van der Waals surface area contributed by atoms with E-state index in [1.54, 1.807) is 0 Å². The van der Waals surface area contributed by atoms with Gasteiger partial charge in [-0.3, -0.25) is 4.79 Å². The van der Waals surface area contributed by atoms with Crippen LogP contribution in [0.5, 0.6) is 0 Å². The van der Waals surface area contributed by atoms with E-state index in [1.807, 2.05) is 0 Å². The third-order valence-electron chi connectivity index (χ3n) is 1.46. The van der Waals surface area contributed by atoms with Gasteiger partial charge in [-0.15, -0.1) is 0 Å². The van der Waals surface area contributed by atoms with Gasteiger partial charge in [-0.1, -0.05) is 12.1 Å². The maximum atomic E-state index is 11.0. The number of aldehydes is 1. The van der Waals surface area contributed by atoms with Gasteiger partial charge >= 0.3 is 11.4 Å². The first kappa shape index (κ1) is 10.4. The van der Waals surface area contributed by atoms with Crippen molar-refractivity contribution in [1.29, 1.82) is 0 Å². The van der Waals surface area contributed by atoms with Crippen LogP contribution in [0.25, 0.3) is 0 Å². The van der Waals surface area contributed by atoms with Gasteiger partial charge in [0.15, 0.2) is 0 Å². The van der Waals surface area contributed by atoms with E-state index in [4.69, 9.17) is 11.6 Å². The minimum absolute atomic E-state index is 0.157. The van der Waals surface area contributed by atoms with Crippen LogP contribution in [-0.2, 0) is 4.74 Å². The van der Waals surface area contributed by atoms with Crippen molar-refractivity contribution in [1.82, 2.24) is 0 Å². The number of esters is 1. The minimum Gasteiger partial charge on any atom is -0.377 e. The molecule has 0 aliphatic rings. The predicted molar refractivity (Wildman–Crippen MR) is 48.5 cm³/mol. The third-order valence-corrected chi connectivity index (χ3v) is 1.53. The quantitative estimate of drug-likeness (QED) is 0.326. The number of rotatable bonds is 2. The van der Waals surface area contributed by atoms with Gasteiger partial charge < -0.3 is 4.74 Å². The molecule has 0 fully saturated rings. The maximum Gasteiger partial charge on any atom is 0.411 e. The molecule has 0 amide bonds. The molecule has 0 bridgehead atoms. The monoisotopic (exact) mass is 212 g/mol. The molecule has 0 aliphatic heterocycles. The summed E-state index contributed by atoms with van der Waals surface area (Å²) in [7, 11) is 0. The zero-order chi connectivity index (χ0) is 10.6. The van der Waals surface area contributed by atoms with E-state index >= 15 is 0 Å². The molecule has 0 heterocycles. The van der Waals surface area contributed by atoms with Crippen LogP contribution in [0, 0.1) is 0 Å². The molecule has 0 aromatic heterocycles. The Hall–Kier alpha value is -1.68. The summed E-state index contributed by atoms with van der Waals surface area (Å²) < 4.78 is 4.11. The van der Waals surface area contributed by atoms with Crippen molar-refractivity contribution in [3.63, 3.8) is 0 Å². The molecule has 0 atom stereocenters. The Kier molecular flexibility index (Phi) is 3.36. The fraction of sp³-hybridized carbons (Fsp3) is 0. The Balaban J connectivity index is 2.81. The zero-order valence-corrected chi connectivity index (χ0v) is 7.65. The van der Waals surface area contributed by atoms with E-state index in [2.05, 4.69) is 4.74 Å². The van der Waals surface area contributed by atoms with Crippen LogP contribution in [0.15, 0.2) is 24.3 Å². The number of carbonyl (C=O) groups excluding carboxylic acids is 3. The average molecular weight is 213 g/mol. The van der Waals surface area contributed by atoms with Gasteiger partial charge in [-0.05, 0) is 12.1 Å². The molecule has 0 radical (unpaired) electrons.